The number of hydrogen-bond donors (Lipinski definition) is 9. The van der Waals surface area contributed by atoms with Crippen LogP contribution in [0.3, 0.4) is 0 Å². The van der Waals surface area contributed by atoms with Gasteiger partial charge in [0, 0.05) is 6.42 Å². The lowest BCUT2D eigenvalue weighted by Gasteiger charge is -2.46. The summed E-state index contributed by atoms with van der Waals surface area (Å²) >= 11 is 0. The van der Waals surface area contributed by atoms with E-state index >= 15 is 0 Å². The zero-order valence-corrected chi connectivity index (χ0v) is 43.9. The van der Waals surface area contributed by atoms with Crippen LogP contribution in [0, 0.1) is 0 Å². The molecule has 0 aliphatic carbocycles. The lowest BCUT2D eigenvalue weighted by atomic mass is 9.97. The molecule has 72 heavy (non-hydrogen) atoms. The number of carbonyl (C=O) groups is 1. The van der Waals surface area contributed by atoms with E-state index in [1.54, 1.807) is 6.08 Å². The Hall–Kier alpha value is -3.09. The number of amides is 1. The SMILES string of the molecule is CC/C=C\C/C=C\C/C=C\C/C=C\C/C=C\C/C=C\C/C=C\CCCCCCCCCCCCCC(=O)NC(COC1OC(CO)C(OC2OC(CO)C(O)C(O)C2O)C(O)C1O)C(O)/C=C/CCCCC. The van der Waals surface area contributed by atoms with Gasteiger partial charge in [0.2, 0.25) is 5.91 Å². The van der Waals surface area contributed by atoms with Crippen LogP contribution in [0.4, 0.5) is 0 Å². The summed E-state index contributed by atoms with van der Waals surface area (Å²) < 4.78 is 22.6. The molecule has 0 aromatic heterocycles. The van der Waals surface area contributed by atoms with Crippen molar-refractivity contribution < 1.29 is 64.6 Å². The molecule has 14 heteroatoms. The summed E-state index contributed by atoms with van der Waals surface area (Å²) in [5, 5.41) is 86.3. The van der Waals surface area contributed by atoms with Gasteiger partial charge in [-0.3, -0.25) is 4.79 Å². The van der Waals surface area contributed by atoms with Crippen molar-refractivity contribution in [3.05, 3.63) is 97.2 Å². The van der Waals surface area contributed by atoms with Crippen molar-refractivity contribution >= 4 is 5.91 Å². The number of carbonyl (C=O) groups excluding carboxylic acids is 1. The molecule has 0 bridgehead atoms. The minimum atomic E-state index is -1.79. The van der Waals surface area contributed by atoms with Gasteiger partial charge >= 0.3 is 0 Å². The molecule has 2 fully saturated rings. The quantitative estimate of drug-likeness (QED) is 0.0208. The Kier molecular flexibility index (Phi) is 39.0. The van der Waals surface area contributed by atoms with Gasteiger partial charge in [0.1, 0.15) is 48.8 Å². The van der Waals surface area contributed by atoms with Gasteiger partial charge in [-0.2, -0.15) is 0 Å². The van der Waals surface area contributed by atoms with Crippen LogP contribution in [0.15, 0.2) is 97.2 Å². The zero-order valence-electron chi connectivity index (χ0n) is 43.9. The predicted molar refractivity (Wildman–Crippen MR) is 286 cm³/mol. The second-order valence-corrected chi connectivity index (χ2v) is 19.0. The van der Waals surface area contributed by atoms with Crippen molar-refractivity contribution in [1.29, 1.82) is 0 Å². The lowest BCUT2D eigenvalue weighted by molar-refractivity contribution is -0.359. The normalized spacial score (nSPS) is 26.4. The number of allylic oxidation sites excluding steroid dienone is 15. The summed E-state index contributed by atoms with van der Waals surface area (Å²) in [7, 11) is 0. The maximum atomic E-state index is 13.1. The maximum absolute atomic E-state index is 13.1. The van der Waals surface area contributed by atoms with Crippen molar-refractivity contribution in [2.75, 3.05) is 19.8 Å². The molecule has 0 aromatic carbocycles. The molecule has 0 spiro atoms. The van der Waals surface area contributed by atoms with Crippen LogP contribution >= 0.6 is 0 Å². The Balaban J connectivity index is 1.59. The topological polar surface area (TPSA) is 228 Å². The van der Waals surface area contributed by atoms with E-state index in [4.69, 9.17) is 18.9 Å². The molecule has 1 amide bonds. The number of unbranched alkanes of at least 4 members (excludes halogenated alkanes) is 14. The first-order chi connectivity index (χ1) is 35.1. The Bertz CT molecular complexity index is 1570. The van der Waals surface area contributed by atoms with Crippen molar-refractivity contribution in [3.8, 4) is 0 Å². The molecule has 2 heterocycles. The first-order valence-corrected chi connectivity index (χ1v) is 27.5. The molecule has 9 N–H and O–H groups in total. The first-order valence-electron chi connectivity index (χ1n) is 27.5. The fourth-order valence-electron chi connectivity index (χ4n) is 8.33. The maximum Gasteiger partial charge on any atom is 0.220 e. The van der Waals surface area contributed by atoms with Gasteiger partial charge in [0.05, 0.1) is 32.0 Å². The highest BCUT2D eigenvalue weighted by Gasteiger charge is 2.51. The molecule has 14 nitrogen and oxygen atoms in total. The number of rotatable bonds is 41. The largest absolute Gasteiger partial charge is 0.394 e. The van der Waals surface area contributed by atoms with Gasteiger partial charge in [0.15, 0.2) is 12.6 Å². The minimum Gasteiger partial charge on any atom is -0.394 e. The summed E-state index contributed by atoms with van der Waals surface area (Å²) in [6.45, 7) is 2.52. The summed E-state index contributed by atoms with van der Waals surface area (Å²) in [6, 6.07) is -0.918. The van der Waals surface area contributed by atoms with Crippen LogP contribution in [0.5, 0.6) is 0 Å². The Morgan fingerprint density at radius 3 is 1.47 bits per heavy atom. The second kappa shape index (κ2) is 43.2. The molecule has 2 saturated heterocycles. The van der Waals surface area contributed by atoms with Gasteiger partial charge in [-0.1, -0.05) is 182 Å². The molecule has 0 saturated carbocycles. The van der Waals surface area contributed by atoms with Gasteiger partial charge in [0.25, 0.3) is 0 Å². The molecule has 0 aromatic rings. The van der Waals surface area contributed by atoms with Gasteiger partial charge in [-0.15, -0.1) is 0 Å². The van der Waals surface area contributed by atoms with Gasteiger partial charge in [-0.05, 0) is 77.0 Å². The third kappa shape index (κ3) is 29.1. The number of nitrogens with one attached hydrogen (secondary N) is 1. The average molecular weight is 1020 g/mol. The van der Waals surface area contributed by atoms with Crippen LogP contribution in [-0.4, -0.2) is 140 Å². The fraction of sp³-hybridized carbons (Fsp3) is 0.707. The Morgan fingerprint density at radius 2 is 0.958 bits per heavy atom. The van der Waals surface area contributed by atoms with E-state index in [1.807, 2.05) is 6.08 Å². The van der Waals surface area contributed by atoms with Crippen molar-refractivity contribution in [2.24, 2.45) is 0 Å². The van der Waals surface area contributed by atoms with Crippen LogP contribution in [0.1, 0.15) is 168 Å². The zero-order chi connectivity index (χ0) is 52.4. The number of aliphatic hydroxyl groups is 8. The van der Waals surface area contributed by atoms with Gasteiger partial charge < -0.3 is 65.1 Å². The first kappa shape index (κ1) is 65.0. The lowest BCUT2D eigenvalue weighted by Crippen LogP contribution is -2.65. The second-order valence-electron chi connectivity index (χ2n) is 19.0. The predicted octanol–water partition coefficient (Wildman–Crippen LogP) is 8.32. The Morgan fingerprint density at radius 1 is 0.514 bits per heavy atom. The minimum absolute atomic E-state index is 0.256. The van der Waals surface area contributed by atoms with Crippen LogP contribution in [0.25, 0.3) is 0 Å². The molecule has 12 atom stereocenters. The molecule has 412 valence electrons. The third-order valence-corrected chi connectivity index (χ3v) is 12.8. The summed E-state index contributed by atoms with van der Waals surface area (Å²) in [5.41, 5.74) is 0. The van der Waals surface area contributed by atoms with Crippen molar-refractivity contribution in [1.82, 2.24) is 5.32 Å². The van der Waals surface area contributed by atoms with Crippen molar-refractivity contribution in [3.63, 3.8) is 0 Å². The molecule has 2 aliphatic heterocycles. The summed E-state index contributed by atoms with van der Waals surface area (Å²) in [4.78, 5) is 13.1. The average Bonchev–Trinajstić information content (AvgIpc) is 3.38. The molecular formula is C58H97NO13. The Labute approximate surface area is 433 Å². The van der Waals surface area contributed by atoms with Crippen molar-refractivity contribution in [2.45, 2.75) is 242 Å². The van der Waals surface area contributed by atoms with Crippen LogP contribution < -0.4 is 5.32 Å². The summed E-state index contributed by atoms with van der Waals surface area (Å²) in [5.74, 6) is -0.256. The van der Waals surface area contributed by atoms with Gasteiger partial charge in [-0.25, -0.2) is 0 Å². The van der Waals surface area contributed by atoms with E-state index in [9.17, 15) is 45.6 Å². The monoisotopic (exact) mass is 1020 g/mol. The highest BCUT2D eigenvalue weighted by Crippen LogP contribution is 2.30. The standard InChI is InChI=1S/C58H97NO13/c1-3-5-7-9-10-11-12-13-14-15-16-17-18-19-20-21-22-23-24-25-26-27-28-29-30-31-32-33-34-35-36-38-40-42-50(63)59-46(47(62)41-39-37-8-6-4-2)45-69-57-55(68)53(66)56(49(44-61)71-57)72-58-54(67)52(65)51(64)48(43-60)70-58/h5,7,10-11,13-14,16-17,19-20,22-23,25-26,39,41,46-49,51-58,60-62,64-68H,3-4,6,8-9,12,15,18,21,24,27-38,40,42-45H2,1-2H3,(H,59,63)/b7-5-,11-10-,14-13-,17-16-,20-19-,23-22-,26-25-,41-39+. The molecule has 12 unspecified atom stereocenters. The molecule has 0 radical (unpaired) electrons. The van der Waals surface area contributed by atoms with E-state index in [-0.39, 0.29) is 18.9 Å². The van der Waals surface area contributed by atoms with E-state index in [0.29, 0.717) is 6.42 Å². The molecule has 2 rings (SSSR count). The van der Waals surface area contributed by atoms with E-state index in [1.165, 1.54) is 44.9 Å². The third-order valence-electron chi connectivity index (χ3n) is 12.8. The number of aliphatic hydroxyl groups excluding tert-OH is 8. The number of hydrogen-bond acceptors (Lipinski definition) is 13. The van der Waals surface area contributed by atoms with Crippen LogP contribution in [-0.2, 0) is 23.7 Å². The van der Waals surface area contributed by atoms with E-state index in [0.717, 1.165) is 96.3 Å². The highest BCUT2D eigenvalue weighted by atomic mass is 16.7. The van der Waals surface area contributed by atoms with E-state index in [2.05, 4.69) is 104 Å². The smallest absolute Gasteiger partial charge is 0.220 e. The summed E-state index contributed by atoms with van der Waals surface area (Å²) in [6.07, 6.45) is 42.4. The molecule has 2 aliphatic rings. The molecular weight excluding hydrogens is 919 g/mol. The fourth-order valence-corrected chi connectivity index (χ4v) is 8.33. The number of ether oxygens (including phenoxy) is 4. The van der Waals surface area contributed by atoms with Crippen LogP contribution in [0.2, 0.25) is 0 Å². The highest BCUT2D eigenvalue weighted by molar-refractivity contribution is 5.76. The van der Waals surface area contributed by atoms with E-state index < -0.39 is 86.8 Å².